The van der Waals surface area contributed by atoms with E-state index in [1.54, 1.807) is 37.4 Å². The van der Waals surface area contributed by atoms with Gasteiger partial charge in [0.25, 0.3) is 10.0 Å². The van der Waals surface area contributed by atoms with Gasteiger partial charge in [-0.3, -0.25) is 8.87 Å². The van der Waals surface area contributed by atoms with Crippen LogP contribution in [0.4, 0.5) is 5.69 Å². The summed E-state index contributed by atoms with van der Waals surface area (Å²) < 4.78 is 39.3. The molecule has 2 heterocycles. The van der Waals surface area contributed by atoms with Crippen LogP contribution < -0.4 is 14.8 Å². The van der Waals surface area contributed by atoms with Crippen molar-refractivity contribution in [3.05, 3.63) is 53.0 Å². The minimum absolute atomic E-state index is 0.0704. The molecule has 0 spiro atoms. The Kier molecular flexibility index (Phi) is 3.17. The zero-order valence-electron chi connectivity index (χ0n) is 12.8. The highest BCUT2D eigenvalue weighted by Crippen LogP contribution is 2.35. The summed E-state index contributed by atoms with van der Waals surface area (Å²) in [6, 6.07) is 11.4. The molecule has 0 amide bonds. The minimum atomic E-state index is -3.79. The van der Waals surface area contributed by atoms with Crippen LogP contribution >= 0.6 is 0 Å². The Balaban J connectivity index is 1.85. The Morgan fingerprint density at radius 3 is 2.75 bits per heavy atom. The number of rotatable bonds is 2. The van der Waals surface area contributed by atoms with Crippen LogP contribution in [0.1, 0.15) is 0 Å². The molecular weight excluding hydrogens is 332 g/mol. The van der Waals surface area contributed by atoms with Crippen molar-refractivity contribution in [1.29, 1.82) is 0 Å². The fourth-order valence-corrected chi connectivity index (χ4v) is 4.27. The molecule has 0 radical (unpaired) electrons. The fourth-order valence-electron chi connectivity index (χ4n) is 2.80. The van der Waals surface area contributed by atoms with Crippen molar-refractivity contribution >= 4 is 26.8 Å². The van der Waals surface area contributed by atoms with Gasteiger partial charge >= 0.3 is 5.76 Å². The van der Waals surface area contributed by atoms with E-state index >= 15 is 0 Å². The van der Waals surface area contributed by atoms with Crippen LogP contribution in [0.25, 0.3) is 11.1 Å². The van der Waals surface area contributed by atoms with Crippen LogP contribution in [0.2, 0.25) is 0 Å². The maximum atomic E-state index is 13.0. The molecule has 0 saturated carbocycles. The number of anilines is 1. The molecule has 124 valence electrons. The first-order valence-electron chi connectivity index (χ1n) is 7.32. The van der Waals surface area contributed by atoms with Crippen LogP contribution in [0.15, 0.2) is 56.6 Å². The molecular formula is C16H14N2O5S. The third-order valence-electron chi connectivity index (χ3n) is 4.04. The van der Waals surface area contributed by atoms with E-state index in [2.05, 4.69) is 0 Å². The van der Waals surface area contributed by atoms with Crippen molar-refractivity contribution in [2.24, 2.45) is 7.05 Å². The van der Waals surface area contributed by atoms with Crippen molar-refractivity contribution in [3.8, 4) is 5.75 Å². The van der Waals surface area contributed by atoms with Gasteiger partial charge in [0.2, 0.25) is 0 Å². The quantitative estimate of drug-likeness (QED) is 0.706. The van der Waals surface area contributed by atoms with Gasteiger partial charge in [-0.25, -0.2) is 13.2 Å². The topological polar surface area (TPSA) is 81.8 Å². The Morgan fingerprint density at radius 1 is 1.12 bits per heavy atom. The molecule has 4 rings (SSSR count). The molecule has 1 aliphatic rings. The average Bonchev–Trinajstić information content (AvgIpc) is 2.88. The summed E-state index contributed by atoms with van der Waals surface area (Å²) >= 11 is 0. The Labute approximate surface area is 137 Å². The van der Waals surface area contributed by atoms with Crippen LogP contribution in [-0.4, -0.2) is 26.1 Å². The third-order valence-corrected chi connectivity index (χ3v) is 5.85. The molecule has 7 nitrogen and oxygen atoms in total. The van der Waals surface area contributed by atoms with Gasteiger partial charge in [-0.05, 0) is 24.3 Å². The number of fused-ring (bicyclic) bond motifs is 2. The Bertz CT molecular complexity index is 1100. The predicted molar refractivity (Wildman–Crippen MR) is 87.9 cm³/mol. The first-order chi connectivity index (χ1) is 11.5. The van der Waals surface area contributed by atoms with Gasteiger partial charge in [-0.1, -0.05) is 12.1 Å². The lowest BCUT2D eigenvalue weighted by Gasteiger charge is -2.30. The predicted octanol–water partition coefficient (Wildman–Crippen LogP) is 1.72. The number of para-hydroxylation sites is 2. The molecule has 1 aliphatic heterocycles. The number of nitrogens with zero attached hydrogens (tertiary/aromatic N) is 2. The van der Waals surface area contributed by atoms with E-state index in [0.717, 1.165) is 0 Å². The molecule has 0 unspecified atom stereocenters. The highest BCUT2D eigenvalue weighted by Gasteiger charge is 2.30. The number of aromatic nitrogens is 1. The highest BCUT2D eigenvalue weighted by molar-refractivity contribution is 7.92. The summed E-state index contributed by atoms with van der Waals surface area (Å²) in [6.07, 6.45) is 0. The lowest BCUT2D eigenvalue weighted by molar-refractivity contribution is 0.316. The summed E-state index contributed by atoms with van der Waals surface area (Å²) in [7, 11) is -2.22. The minimum Gasteiger partial charge on any atom is -0.489 e. The lowest BCUT2D eigenvalue weighted by Crippen LogP contribution is -2.37. The molecule has 24 heavy (non-hydrogen) atoms. The summed E-state index contributed by atoms with van der Waals surface area (Å²) in [5.41, 5.74) is 1.28. The van der Waals surface area contributed by atoms with Crippen molar-refractivity contribution in [3.63, 3.8) is 0 Å². The second-order valence-corrected chi connectivity index (χ2v) is 7.31. The standard InChI is InChI=1S/C16H14N2O5S/c1-17-12-7-6-11(10-15(12)23-16(17)19)24(20,21)18-8-9-22-14-5-3-2-4-13(14)18/h2-7,10H,8-9H2,1H3. The summed E-state index contributed by atoms with van der Waals surface area (Å²) in [5, 5.41) is 0. The second kappa shape index (κ2) is 5.13. The number of aryl methyl sites for hydroxylation is 1. The molecule has 0 fully saturated rings. The van der Waals surface area contributed by atoms with E-state index in [1.807, 2.05) is 0 Å². The summed E-state index contributed by atoms with van der Waals surface area (Å²) in [6.45, 7) is 0.495. The molecule has 3 aromatic rings. The number of benzene rings is 2. The molecule has 2 aromatic carbocycles. The van der Waals surface area contributed by atoms with Gasteiger partial charge in [0, 0.05) is 13.1 Å². The zero-order chi connectivity index (χ0) is 16.9. The van der Waals surface area contributed by atoms with E-state index in [0.29, 0.717) is 17.0 Å². The molecule has 0 saturated heterocycles. The summed E-state index contributed by atoms with van der Waals surface area (Å²) in [4.78, 5) is 11.7. The first-order valence-corrected chi connectivity index (χ1v) is 8.76. The molecule has 0 bridgehead atoms. The van der Waals surface area contributed by atoms with E-state index in [1.165, 1.54) is 21.0 Å². The van der Waals surface area contributed by atoms with Crippen molar-refractivity contribution < 1.29 is 17.6 Å². The molecule has 8 heteroatoms. The fraction of sp³-hybridized carbons (Fsp3) is 0.188. The van der Waals surface area contributed by atoms with E-state index in [4.69, 9.17) is 9.15 Å². The number of hydrogen-bond donors (Lipinski definition) is 0. The van der Waals surface area contributed by atoms with Crippen molar-refractivity contribution in [1.82, 2.24) is 4.57 Å². The van der Waals surface area contributed by atoms with Gasteiger partial charge in [0.05, 0.1) is 22.6 Å². The van der Waals surface area contributed by atoms with Gasteiger partial charge in [0.1, 0.15) is 12.4 Å². The summed E-state index contributed by atoms with van der Waals surface area (Å²) in [5.74, 6) is -0.00378. The highest BCUT2D eigenvalue weighted by atomic mass is 32.2. The van der Waals surface area contributed by atoms with Crippen LogP contribution in [0, 0.1) is 0 Å². The molecule has 0 N–H and O–H groups in total. The Hall–Kier alpha value is -2.74. The number of hydrogen-bond acceptors (Lipinski definition) is 5. The maximum absolute atomic E-state index is 13.0. The molecule has 1 aromatic heterocycles. The van der Waals surface area contributed by atoms with E-state index in [9.17, 15) is 13.2 Å². The third kappa shape index (κ3) is 2.10. The van der Waals surface area contributed by atoms with E-state index in [-0.39, 0.29) is 23.6 Å². The monoisotopic (exact) mass is 346 g/mol. The number of oxazole rings is 1. The van der Waals surface area contributed by atoms with Gasteiger partial charge in [-0.2, -0.15) is 0 Å². The van der Waals surface area contributed by atoms with Crippen LogP contribution in [0.3, 0.4) is 0 Å². The Morgan fingerprint density at radius 2 is 1.92 bits per heavy atom. The second-order valence-electron chi connectivity index (χ2n) is 5.45. The van der Waals surface area contributed by atoms with Crippen molar-refractivity contribution in [2.45, 2.75) is 4.90 Å². The normalized spacial score (nSPS) is 14.5. The van der Waals surface area contributed by atoms with Crippen LogP contribution in [-0.2, 0) is 17.1 Å². The average molecular weight is 346 g/mol. The van der Waals surface area contributed by atoms with Gasteiger partial charge < -0.3 is 9.15 Å². The number of ether oxygens (including phenoxy) is 1. The van der Waals surface area contributed by atoms with Crippen LogP contribution in [0.5, 0.6) is 5.75 Å². The maximum Gasteiger partial charge on any atom is 0.419 e. The first kappa shape index (κ1) is 14.8. The zero-order valence-corrected chi connectivity index (χ0v) is 13.6. The SMILES string of the molecule is Cn1c(=O)oc2cc(S(=O)(=O)N3CCOc4ccccc43)ccc21. The van der Waals surface area contributed by atoms with E-state index < -0.39 is 15.8 Å². The van der Waals surface area contributed by atoms with Gasteiger partial charge in [0.15, 0.2) is 5.58 Å². The smallest absolute Gasteiger partial charge is 0.419 e. The number of sulfonamides is 1. The van der Waals surface area contributed by atoms with Crippen molar-refractivity contribution in [2.75, 3.05) is 17.5 Å². The lowest BCUT2D eigenvalue weighted by atomic mass is 10.2. The largest absolute Gasteiger partial charge is 0.489 e. The molecule has 0 aliphatic carbocycles. The molecule has 0 atom stereocenters. The van der Waals surface area contributed by atoms with Gasteiger partial charge in [-0.15, -0.1) is 0 Å².